The molecule has 5 heteroatoms. The summed E-state index contributed by atoms with van der Waals surface area (Å²) in [5.41, 5.74) is 1.95. The lowest BCUT2D eigenvalue weighted by Crippen LogP contribution is -2.35. The smallest absolute Gasteiger partial charge is 0.266 e. The Kier molecular flexibility index (Phi) is 7.01. The molecule has 0 heterocycles. The van der Waals surface area contributed by atoms with Crippen LogP contribution in [0.5, 0.6) is 5.75 Å². The van der Waals surface area contributed by atoms with Crippen LogP contribution in [-0.2, 0) is 16.2 Å². The predicted molar refractivity (Wildman–Crippen MR) is 98.7 cm³/mol. The van der Waals surface area contributed by atoms with Gasteiger partial charge in [0.2, 0.25) is 6.10 Å². The number of likely N-dealkylation sites (N-methyl/N-ethyl adjacent to an activating group) is 1. The second-order valence-corrected chi connectivity index (χ2v) is 5.66. The fourth-order valence-electron chi connectivity index (χ4n) is 2.29. The van der Waals surface area contributed by atoms with Crippen LogP contribution in [0.25, 0.3) is 0 Å². The highest BCUT2D eigenvalue weighted by Crippen LogP contribution is 2.11. The first-order valence-electron chi connectivity index (χ1n) is 8.31. The van der Waals surface area contributed by atoms with Crippen LogP contribution in [-0.4, -0.2) is 36.8 Å². The number of oxime groups is 1. The molecule has 0 bridgehead atoms. The zero-order chi connectivity index (χ0) is 18.1. The highest BCUT2D eigenvalue weighted by molar-refractivity contribution is 5.81. The normalized spacial score (nSPS) is 12.0. The van der Waals surface area contributed by atoms with Crippen molar-refractivity contribution in [1.82, 2.24) is 4.90 Å². The summed E-state index contributed by atoms with van der Waals surface area (Å²) >= 11 is 0. The summed E-state index contributed by atoms with van der Waals surface area (Å²) < 4.78 is 5.38. The number of amides is 1. The van der Waals surface area contributed by atoms with Gasteiger partial charge in [-0.05, 0) is 49.2 Å². The van der Waals surface area contributed by atoms with Crippen LogP contribution in [0, 0.1) is 0 Å². The summed E-state index contributed by atoms with van der Waals surface area (Å²) in [7, 11) is 1.76. The average Bonchev–Trinajstić information content (AvgIpc) is 2.63. The van der Waals surface area contributed by atoms with Crippen LogP contribution in [0.1, 0.15) is 25.0 Å². The van der Waals surface area contributed by atoms with E-state index in [4.69, 9.17) is 9.57 Å². The fraction of sp³-hybridized carbons (Fsp3) is 0.300. The minimum atomic E-state index is -0.646. The van der Waals surface area contributed by atoms with E-state index in [-0.39, 0.29) is 5.91 Å². The first kappa shape index (κ1) is 18.5. The number of nitrogens with zero attached hydrogens (tertiary/aromatic N) is 2. The minimum Gasteiger partial charge on any atom is -0.494 e. The van der Waals surface area contributed by atoms with Crippen molar-refractivity contribution in [3.05, 3.63) is 65.7 Å². The van der Waals surface area contributed by atoms with Gasteiger partial charge in [0, 0.05) is 13.6 Å². The molecule has 2 rings (SSSR count). The topological polar surface area (TPSA) is 51.1 Å². The molecule has 5 nitrogen and oxygen atoms in total. The van der Waals surface area contributed by atoms with E-state index in [2.05, 4.69) is 5.16 Å². The van der Waals surface area contributed by atoms with Gasteiger partial charge in [-0.3, -0.25) is 4.79 Å². The molecule has 132 valence electrons. The summed E-state index contributed by atoms with van der Waals surface area (Å²) in [4.78, 5) is 19.2. The Morgan fingerprint density at radius 3 is 2.48 bits per heavy atom. The van der Waals surface area contributed by atoms with E-state index in [0.29, 0.717) is 13.2 Å². The van der Waals surface area contributed by atoms with E-state index in [9.17, 15) is 4.79 Å². The van der Waals surface area contributed by atoms with E-state index in [1.54, 1.807) is 25.1 Å². The van der Waals surface area contributed by atoms with Gasteiger partial charge in [-0.15, -0.1) is 0 Å². The lowest BCUT2D eigenvalue weighted by atomic mass is 10.2. The Hall–Kier alpha value is -2.82. The second-order valence-electron chi connectivity index (χ2n) is 5.66. The summed E-state index contributed by atoms with van der Waals surface area (Å²) in [6.07, 6.45) is 0.934. The average molecular weight is 340 g/mol. The van der Waals surface area contributed by atoms with Crippen LogP contribution in [0.4, 0.5) is 0 Å². The van der Waals surface area contributed by atoms with E-state index in [1.807, 2.05) is 61.5 Å². The first-order chi connectivity index (χ1) is 12.1. The molecule has 1 amide bonds. The second kappa shape index (κ2) is 9.47. The van der Waals surface area contributed by atoms with Gasteiger partial charge < -0.3 is 14.5 Å². The van der Waals surface area contributed by atoms with E-state index in [0.717, 1.165) is 16.9 Å². The Labute approximate surface area is 148 Å². The van der Waals surface area contributed by atoms with Crippen LogP contribution in [0.2, 0.25) is 0 Å². The van der Waals surface area contributed by atoms with Crippen molar-refractivity contribution in [1.29, 1.82) is 0 Å². The summed E-state index contributed by atoms with van der Waals surface area (Å²) in [5, 5.41) is 3.91. The Morgan fingerprint density at radius 1 is 1.16 bits per heavy atom. The quantitative estimate of drug-likeness (QED) is 0.546. The maximum Gasteiger partial charge on any atom is 0.266 e. The number of carbonyl (C=O) groups is 1. The summed E-state index contributed by atoms with van der Waals surface area (Å²) in [5.74, 6) is 0.694. The highest BCUT2D eigenvalue weighted by atomic mass is 16.6. The largest absolute Gasteiger partial charge is 0.494 e. The third-order valence-corrected chi connectivity index (χ3v) is 3.60. The summed E-state index contributed by atoms with van der Waals surface area (Å²) in [6, 6.07) is 17.3. The fourth-order valence-corrected chi connectivity index (χ4v) is 2.29. The number of rotatable bonds is 8. The Bertz CT molecular complexity index is 684. The van der Waals surface area contributed by atoms with Gasteiger partial charge in [0.25, 0.3) is 5.91 Å². The third kappa shape index (κ3) is 5.95. The maximum atomic E-state index is 12.3. The molecule has 1 atom stereocenters. The number of benzene rings is 2. The van der Waals surface area contributed by atoms with Crippen molar-refractivity contribution in [2.45, 2.75) is 26.5 Å². The van der Waals surface area contributed by atoms with Crippen LogP contribution in [0.15, 0.2) is 59.8 Å². The molecule has 2 aromatic carbocycles. The summed E-state index contributed by atoms with van der Waals surface area (Å²) in [6.45, 7) is 4.80. The SMILES string of the molecule is CCOc1ccc(/C=N\O[C@@H](C)C(=O)N(C)Cc2ccccc2)cc1. The number of hydrogen-bond donors (Lipinski definition) is 0. The van der Waals surface area contributed by atoms with Crippen LogP contribution < -0.4 is 4.74 Å². The number of carbonyl (C=O) groups excluding carboxylic acids is 1. The Balaban J connectivity index is 1.83. The molecule has 0 aliphatic rings. The molecule has 0 N–H and O–H groups in total. The molecule has 2 aromatic rings. The molecular formula is C20H24N2O3. The zero-order valence-electron chi connectivity index (χ0n) is 14.9. The molecule has 0 radical (unpaired) electrons. The number of ether oxygens (including phenoxy) is 1. The molecule has 0 spiro atoms. The van der Waals surface area contributed by atoms with Crippen LogP contribution in [0.3, 0.4) is 0 Å². The minimum absolute atomic E-state index is 0.118. The van der Waals surface area contributed by atoms with Crippen molar-refractivity contribution in [2.75, 3.05) is 13.7 Å². The lowest BCUT2D eigenvalue weighted by molar-refractivity contribution is -0.141. The van der Waals surface area contributed by atoms with Gasteiger partial charge in [0.15, 0.2) is 0 Å². The standard InChI is InChI=1S/C20H24N2O3/c1-4-24-19-12-10-17(11-13-19)14-21-25-16(2)20(23)22(3)15-18-8-6-5-7-9-18/h5-14,16H,4,15H2,1-3H3/b21-14-/t16-/m0/s1. The molecule has 0 saturated carbocycles. The van der Waals surface area contributed by atoms with Crippen molar-refractivity contribution in [2.24, 2.45) is 5.16 Å². The predicted octanol–water partition coefficient (Wildman–Crippen LogP) is 3.48. The lowest BCUT2D eigenvalue weighted by Gasteiger charge is -2.20. The first-order valence-corrected chi connectivity index (χ1v) is 8.31. The molecule has 0 fully saturated rings. The molecule has 25 heavy (non-hydrogen) atoms. The number of hydrogen-bond acceptors (Lipinski definition) is 4. The van der Waals surface area contributed by atoms with Gasteiger partial charge in [-0.1, -0.05) is 35.5 Å². The van der Waals surface area contributed by atoms with Crippen molar-refractivity contribution in [3.8, 4) is 5.75 Å². The van der Waals surface area contributed by atoms with Gasteiger partial charge in [-0.2, -0.15) is 0 Å². The third-order valence-electron chi connectivity index (χ3n) is 3.60. The molecule has 0 aliphatic heterocycles. The molecular weight excluding hydrogens is 316 g/mol. The molecule has 0 aromatic heterocycles. The van der Waals surface area contributed by atoms with Crippen LogP contribution >= 0.6 is 0 Å². The highest BCUT2D eigenvalue weighted by Gasteiger charge is 2.18. The van der Waals surface area contributed by atoms with E-state index < -0.39 is 6.10 Å². The van der Waals surface area contributed by atoms with E-state index >= 15 is 0 Å². The van der Waals surface area contributed by atoms with Gasteiger partial charge >= 0.3 is 0 Å². The Morgan fingerprint density at radius 2 is 1.84 bits per heavy atom. The van der Waals surface area contributed by atoms with Crippen molar-refractivity contribution in [3.63, 3.8) is 0 Å². The van der Waals surface area contributed by atoms with Crippen molar-refractivity contribution < 1.29 is 14.4 Å². The monoisotopic (exact) mass is 340 g/mol. The van der Waals surface area contributed by atoms with Gasteiger partial charge in [0.1, 0.15) is 5.75 Å². The van der Waals surface area contributed by atoms with Gasteiger partial charge in [0.05, 0.1) is 12.8 Å². The molecule has 0 aliphatic carbocycles. The van der Waals surface area contributed by atoms with E-state index in [1.165, 1.54) is 0 Å². The molecule has 0 unspecified atom stereocenters. The van der Waals surface area contributed by atoms with Gasteiger partial charge in [-0.25, -0.2) is 0 Å². The van der Waals surface area contributed by atoms with Crippen molar-refractivity contribution >= 4 is 12.1 Å². The molecule has 0 saturated heterocycles. The maximum absolute atomic E-state index is 12.3. The zero-order valence-corrected chi connectivity index (χ0v) is 14.9.